The van der Waals surface area contributed by atoms with E-state index in [-0.39, 0.29) is 6.04 Å². The molecule has 0 aromatic carbocycles. The standard InChI is InChI=1S/C8H9ClN2S/c1-6(5-10)11(2)8-4-3-7(9)12-8/h3-4,6H,1-2H3. The monoisotopic (exact) mass is 200 g/mol. The predicted octanol–water partition coefficient (Wildman–Crippen LogP) is 2.75. The Morgan fingerprint density at radius 1 is 1.67 bits per heavy atom. The van der Waals surface area contributed by atoms with Crippen LogP contribution in [0, 0.1) is 11.3 Å². The Kier molecular flexibility index (Phi) is 2.96. The molecule has 0 aliphatic heterocycles. The fourth-order valence-corrected chi connectivity index (χ4v) is 1.85. The van der Waals surface area contributed by atoms with Crippen molar-refractivity contribution < 1.29 is 0 Å². The van der Waals surface area contributed by atoms with Crippen LogP contribution >= 0.6 is 22.9 Å². The van der Waals surface area contributed by atoms with Crippen LogP contribution in [0.25, 0.3) is 0 Å². The summed E-state index contributed by atoms with van der Waals surface area (Å²) in [5, 5.41) is 9.68. The third-order valence-electron chi connectivity index (χ3n) is 1.67. The van der Waals surface area contributed by atoms with Gasteiger partial charge in [-0.15, -0.1) is 11.3 Å². The van der Waals surface area contributed by atoms with E-state index in [0.717, 1.165) is 9.34 Å². The second kappa shape index (κ2) is 3.79. The molecule has 2 nitrogen and oxygen atoms in total. The van der Waals surface area contributed by atoms with Gasteiger partial charge in [0.25, 0.3) is 0 Å². The molecule has 0 saturated carbocycles. The van der Waals surface area contributed by atoms with E-state index in [1.807, 2.05) is 31.0 Å². The van der Waals surface area contributed by atoms with Gasteiger partial charge < -0.3 is 4.90 Å². The molecule has 0 amide bonds. The molecule has 12 heavy (non-hydrogen) atoms. The van der Waals surface area contributed by atoms with Crippen molar-refractivity contribution >= 4 is 27.9 Å². The van der Waals surface area contributed by atoms with Gasteiger partial charge in [-0.1, -0.05) is 11.6 Å². The molecule has 0 aliphatic rings. The van der Waals surface area contributed by atoms with Crippen molar-refractivity contribution in [3.8, 4) is 6.07 Å². The molecule has 1 heterocycles. The maximum absolute atomic E-state index is 8.65. The molecule has 64 valence electrons. The van der Waals surface area contributed by atoms with E-state index in [1.165, 1.54) is 11.3 Å². The van der Waals surface area contributed by atoms with Gasteiger partial charge >= 0.3 is 0 Å². The van der Waals surface area contributed by atoms with Crippen molar-refractivity contribution in [2.45, 2.75) is 13.0 Å². The number of rotatable bonds is 2. The number of hydrogen-bond acceptors (Lipinski definition) is 3. The van der Waals surface area contributed by atoms with Gasteiger partial charge in [-0.25, -0.2) is 0 Å². The number of nitriles is 1. The van der Waals surface area contributed by atoms with Gasteiger partial charge in [0.1, 0.15) is 6.04 Å². The quantitative estimate of drug-likeness (QED) is 0.734. The summed E-state index contributed by atoms with van der Waals surface area (Å²) in [5.41, 5.74) is 0. The minimum atomic E-state index is -0.111. The van der Waals surface area contributed by atoms with E-state index in [4.69, 9.17) is 16.9 Å². The van der Waals surface area contributed by atoms with Gasteiger partial charge in [0.2, 0.25) is 0 Å². The summed E-state index contributed by atoms with van der Waals surface area (Å²) in [6.07, 6.45) is 0. The van der Waals surface area contributed by atoms with E-state index in [1.54, 1.807) is 0 Å². The molecule has 0 spiro atoms. The van der Waals surface area contributed by atoms with Crippen LogP contribution in [0.5, 0.6) is 0 Å². The zero-order valence-corrected chi connectivity index (χ0v) is 8.49. The molecule has 1 unspecified atom stereocenters. The maximum Gasteiger partial charge on any atom is 0.114 e. The highest BCUT2D eigenvalue weighted by molar-refractivity contribution is 7.19. The van der Waals surface area contributed by atoms with E-state index in [2.05, 4.69) is 6.07 Å². The Bertz CT molecular complexity index is 302. The molecule has 0 radical (unpaired) electrons. The highest BCUT2D eigenvalue weighted by Crippen LogP contribution is 2.29. The average Bonchev–Trinajstić information content (AvgIpc) is 2.49. The first-order valence-corrected chi connectivity index (χ1v) is 4.72. The molecule has 0 bridgehead atoms. The minimum absolute atomic E-state index is 0.111. The van der Waals surface area contributed by atoms with E-state index in [0.29, 0.717) is 0 Å². The van der Waals surface area contributed by atoms with Crippen LogP contribution in [0.15, 0.2) is 12.1 Å². The summed E-state index contributed by atoms with van der Waals surface area (Å²) >= 11 is 7.24. The largest absolute Gasteiger partial charge is 0.351 e. The van der Waals surface area contributed by atoms with Crippen molar-refractivity contribution in [3.63, 3.8) is 0 Å². The summed E-state index contributed by atoms with van der Waals surface area (Å²) in [6, 6.07) is 5.80. The van der Waals surface area contributed by atoms with E-state index in [9.17, 15) is 0 Å². The maximum atomic E-state index is 8.65. The summed E-state index contributed by atoms with van der Waals surface area (Å²) in [7, 11) is 1.88. The summed E-state index contributed by atoms with van der Waals surface area (Å²) in [6.45, 7) is 1.85. The lowest BCUT2D eigenvalue weighted by Crippen LogP contribution is -2.26. The van der Waals surface area contributed by atoms with Crippen LogP contribution < -0.4 is 4.90 Å². The van der Waals surface area contributed by atoms with Crippen molar-refractivity contribution in [3.05, 3.63) is 16.5 Å². The van der Waals surface area contributed by atoms with Gasteiger partial charge in [0.15, 0.2) is 0 Å². The van der Waals surface area contributed by atoms with Crippen molar-refractivity contribution in [1.82, 2.24) is 0 Å². The van der Waals surface area contributed by atoms with Crippen LogP contribution in [0.2, 0.25) is 4.34 Å². The lowest BCUT2D eigenvalue weighted by Gasteiger charge is -2.18. The first-order chi connectivity index (χ1) is 5.65. The summed E-state index contributed by atoms with van der Waals surface area (Å²) < 4.78 is 0.752. The number of nitrogens with zero attached hydrogens (tertiary/aromatic N) is 2. The van der Waals surface area contributed by atoms with Gasteiger partial charge in [-0.2, -0.15) is 5.26 Å². The molecule has 0 N–H and O–H groups in total. The molecule has 0 fully saturated rings. The van der Waals surface area contributed by atoms with E-state index < -0.39 is 0 Å². The predicted molar refractivity (Wildman–Crippen MR) is 52.8 cm³/mol. The lowest BCUT2D eigenvalue weighted by atomic mass is 10.3. The molecule has 0 aliphatic carbocycles. The summed E-state index contributed by atoms with van der Waals surface area (Å²) in [4.78, 5) is 1.90. The molecular weight excluding hydrogens is 192 g/mol. The molecule has 1 aromatic heterocycles. The molecule has 1 rings (SSSR count). The van der Waals surface area contributed by atoms with Crippen molar-refractivity contribution in [1.29, 1.82) is 5.26 Å². The van der Waals surface area contributed by atoms with Crippen LogP contribution in [0.4, 0.5) is 5.00 Å². The van der Waals surface area contributed by atoms with Gasteiger partial charge in [-0.3, -0.25) is 0 Å². The van der Waals surface area contributed by atoms with Crippen molar-refractivity contribution in [2.75, 3.05) is 11.9 Å². The van der Waals surface area contributed by atoms with Crippen LogP contribution in [-0.4, -0.2) is 13.1 Å². The third-order valence-corrected chi connectivity index (χ3v) is 3.00. The first-order valence-electron chi connectivity index (χ1n) is 3.53. The van der Waals surface area contributed by atoms with Crippen LogP contribution in [-0.2, 0) is 0 Å². The zero-order chi connectivity index (χ0) is 9.14. The molecule has 1 aromatic rings. The second-order valence-electron chi connectivity index (χ2n) is 2.49. The van der Waals surface area contributed by atoms with Crippen LogP contribution in [0.1, 0.15) is 6.92 Å². The highest BCUT2D eigenvalue weighted by atomic mass is 35.5. The highest BCUT2D eigenvalue weighted by Gasteiger charge is 2.09. The SMILES string of the molecule is CC(C#N)N(C)c1ccc(Cl)s1. The zero-order valence-electron chi connectivity index (χ0n) is 6.91. The Morgan fingerprint density at radius 2 is 2.33 bits per heavy atom. The topological polar surface area (TPSA) is 27.0 Å². The Labute approximate surface area is 81.0 Å². The Morgan fingerprint density at radius 3 is 2.75 bits per heavy atom. The number of anilines is 1. The van der Waals surface area contributed by atoms with Gasteiger partial charge in [0.05, 0.1) is 15.4 Å². The molecular formula is C8H9ClN2S. The molecule has 4 heteroatoms. The fourth-order valence-electron chi connectivity index (χ4n) is 0.772. The summed E-state index contributed by atoms with van der Waals surface area (Å²) in [5.74, 6) is 0. The van der Waals surface area contributed by atoms with Crippen LogP contribution in [0.3, 0.4) is 0 Å². The normalized spacial score (nSPS) is 12.2. The second-order valence-corrected chi connectivity index (χ2v) is 4.19. The van der Waals surface area contributed by atoms with Crippen molar-refractivity contribution in [2.24, 2.45) is 0 Å². The Hall–Kier alpha value is -0.720. The minimum Gasteiger partial charge on any atom is -0.351 e. The molecule has 0 saturated heterocycles. The van der Waals surface area contributed by atoms with E-state index >= 15 is 0 Å². The molecule has 1 atom stereocenters. The fraction of sp³-hybridized carbons (Fsp3) is 0.375. The number of halogens is 1. The average molecular weight is 201 g/mol. The number of thiophene rings is 1. The Balaban J connectivity index is 2.79. The first kappa shape index (κ1) is 9.37. The van der Waals surface area contributed by atoms with Gasteiger partial charge in [0, 0.05) is 7.05 Å². The smallest absolute Gasteiger partial charge is 0.114 e. The number of hydrogen-bond donors (Lipinski definition) is 0. The van der Waals surface area contributed by atoms with Gasteiger partial charge in [-0.05, 0) is 19.1 Å². The third kappa shape index (κ3) is 1.90. The lowest BCUT2D eigenvalue weighted by molar-refractivity contribution is 0.844.